The molecule has 2 aromatic carbocycles. The minimum Gasteiger partial charge on any atom is -0.465 e. The number of carbonyl (C=O) groups is 4. The van der Waals surface area contributed by atoms with Gasteiger partial charge in [0.25, 0.3) is 5.91 Å². The molecule has 1 aliphatic rings. The van der Waals surface area contributed by atoms with Gasteiger partial charge in [0.05, 0.1) is 24.0 Å². The Morgan fingerprint density at radius 3 is 2.21 bits per heavy atom. The van der Waals surface area contributed by atoms with Crippen molar-refractivity contribution < 1.29 is 29.4 Å². The lowest BCUT2D eigenvalue weighted by Crippen LogP contribution is -2.60. The Morgan fingerprint density at radius 2 is 1.59 bits per heavy atom. The van der Waals surface area contributed by atoms with Crippen molar-refractivity contribution in [3.8, 4) is 11.3 Å². The number of amides is 5. The quantitative estimate of drug-likeness (QED) is 0.0897. The Balaban J connectivity index is 1.41. The zero-order chi connectivity index (χ0) is 41.8. The van der Waals surface area contributed by atoms with Crippen LogP contribution in [-0.2, 0) is 29.1 Å². The van der Waals surface area contributed by atoms with Gasteiger partial charge >= 0.3 is 12.1 Å². The van der Waals surface area contributed by atoms with Crippen LogP contribution in [0.3, 0.4) is 0 Å². The maximum atomic E-state index is 14.4. The van der Waals surface area contributed by atoms with Crippen LogP contribution >= 0.6 is 0 Å². The Kier molecular flexibility index (Phi) is 14.9. The van der Waals surface area contributed by atoms with Crippen LogP contribution in [-0.4, -0.2) is 108 Å². The van der Waals surface area contributed by atoms with Gasteiger partial charge in [0.2, 0.25) is 5.91 Å². The topological polar surface area (TPSA) is 193 Å². The highest BCUT2D eigenvalue weighted by Crippen LogP contribution is 2.24. The number of aliphatic hydroxyl groups excluding tert-OH is 1. The molecule has 4 aromatic rings. The van der Waals surface area contributed by atoms with Crippen molar-refractivity contribution in [3.05, 3.63) is 114 Å². The zero-order valence-electron chi connectivity index (χ0n) is 33.8. The lowest BCUT2D eigenvalue weighted by atomic mass is 9.86. The molecule has 5 rings (SSSR count). The average Bonchev–Trinajstić information content (AvgIpc) is 3.55. The van der Waals surface area contributed by atoms with E-state index in [0.717, 1.165) is 27.9 Å². The third-order valence-corrected chi connectivity index (χ3v) is 10.4. The van der Waals surface area contributed by atoms with E-state index in [1.54, 1.807) is 55.2 Å². The fourth-order valence-electron chi connectivity index (χ4n) is 7.04. The number of rotatable bonds is 18. The summed E-state index contributed by atoms with van der Waals surface area (Å²) in [5.41, 5.74) is 6.26. The first-order valence-electron chi connectivity index (χ1n) is 19.6. The number of urea groups is 1. The number of nitrogens with one attached hydrogen (secondary N) is 3. The fourth-order valence-corrected chi connectivity index (χ4v) is 7.04. The molecule has 1 fully saturated rings. The van der Waals surface area contributed by atoms with Crippen molar-refractivity contribution in [2.24, 2.45) is 11.3 Å². The summed E-state index contributed by atoms with van der Waals surface area (Å²) in [7, 11) is 0. The summed E-state index contributed by atoms with van der Waals surface area (Å²) in [5, 5.41) is 36.4. The molecular formula is C43H55N9O6. The number of carboxylic acid groups (broad SMARTS) is 1. The average molecular weight is 794 g/mol. The molecule has 15 heteroatoms. The number of nitrogens with zero attached hydrogens (tertiary/aromatic N) is 6. The van der Waals surface area contributed by atoms with Gasteiger partial charge in [0, 0.05) is 50.7 Å². The van der Waals surface area contributed by atoms with Crippen molar-refractivity contribution in [1.29, 1.82) is 0 Å². The minimum absolute atomic E-state index is 0.139. The van der Waals surface area contributed by atoms with Crippen molar-refractivity contribution in [1.82, 2.24) is 46.0 Å². The maximum absolute atomic E-state index is 14.4. The van der Waals surface area contributed by atoms with Crippen LogP contribution in [0, 0.1) is 11.3 Å². The molecular weight excluding hydrogens is 739 g/mol. The molecule has 5 unspecified atom stereocenters. The summed E-state index contributed by atoms with van der Waals surface area (Å²) in [5.74, 6) is -1.21. The van der Waals surface area contributed by atoms with Gasteiger partial charge in [-0.25, -0.2) is 14.6 Å². The van der Waals surface area contributed by atoms with Crippen molar-refractivity contribution >= 4 is 23.9 Å². The summed E-state index contributed by atoms with van der Waals surface area (Å²) >= 11 is 0. The summed E-state index contributed by atoms with van der Waals surface area (Å²) in [6.45, 7) is 10.3. The van der Waals surface area contributed by atoms with Crippen LogP contribution < -0.4 is 16.1 Å². The highest BCUT2D eigenvalue weighted by molar-refractivity contribution is 5.88. The van der Waals surface area contributed by atoms with Crippen molar-refractivity contribution in [3.63, 3.8) is 0 Å². The molecule has 5 N–H and O–H groups in total. The summed E-state index contributed by atoms with van der Waals surface area (Å²) < 4.78 is 0. The summed E-state index contributed by atoms with van der Waals surface area (Å²) in [4.78, 5) is 61.5. The van der Waals surface area contributed by atoms with Crippen LogP contribution in [0.4, 0.5) is 9.59 Å². The molecule has 5 amide bonds. The molecule has 2 aromatic heterocycles. The van der Waals surface area contributed by atoms with Crippen LogP contribution in [0.5, 0.6) is 0 Å². The predicted molar refractivity (Wildman–Crippen MR) is 218 cm³/mol. The van der Waals surface area contributed by atoms with Crippen LogP contribution in [0.25, 0.3) is 11.3 Å². The number of hydrazine groups is 1. The molecule has 0 aliphatic carbocycles. The lowest BCUT2D eigenvalue weighted by Gasteiger charge is -2.36. The first-order chi connectivity index (χ1) is 27.7. The zero-order valence-corrected chi connectivity index (χ0v) is 33.8. The predicted octanol–water partition coefficient (Wildman–Crippen LogP) is 4.50. The molecule has 5 atom stereocenters. The number of pyridine rings is 1. The molecule has 1 saturated heterocycles. The van der Waals surface area contributed by atoms with E-state index in [-0.39, 0.29) is 31.5 Å². The SMILES string of the molecule is CCC(C)C(C(=O)NC(Cc1ccccc1)C(O)CN(Cc1ccc(-c2ccccn2)cc1)NC(=O)C(NC(=O)O)C(C)(C)C)N1CCN(Cc2ccnnc2)C1=O. The highest BCUT2D eigenvalue weighted by atomic mass is 16.4. The monoisotopic (exact) mass is 793 g/mol. The first kappa shape index (κ1) is 43.2. The second-order valence-corrected chi connectivity index (χ2v) is 15.9. The Bertz CT molecular complexity index is 1950. The van der Waals surface area contributed by atoms with Crippen molar-refractivity contribution in [2.45, 2.75) is 84.8 Å². The van der Waals surface area contributed by atoms with Crippen LogP contribution in [0.2, 0.25) is 0 Å². The number of hydrogen-bond acceptors (Lipinski definition) is 9. The second kappa shape index (κ2) is 20.0. The molecule has 308 valence electrons. The highest BCUT2D eigenvalue weighted by Gasteiger charge is 2.41. The van der Waals surface area contributed by atoms with Crippen LogP contribution in [0.15, 0.2) is 97.5 Å². The molecule has 0 radical (unpaired) electrons. The molecule has 1 aliphatic heterocycles. The molecule has 15 nitrogen and oxygen atoms in total. The van der Waals surface area contributed by atoms with Gasteiger partial charge in [0.15, 0.2) is 0 Å². The fraction of sp³-hybridized carbons (Fsp3) is 0.419. The summed E-state index contributed by atoms with van der Waals surface area (Å²) in [6.07, 6.45) is 3.20. The van der Waals surface area contributed by atoms with Gasteiger partial charge in [-0.15, -0.1) is 0 Å². The molecule has 3 heterocycles. The van der Waals surface area contributed by atoms with E-state index in [4.69, 9.17) is 0 Å². The number of hydrogen-bond donors (Lipinski definition) is 5. The Hall–Kier alpha value is -5.93. The number of aliphatic hydroxyl groups is 1. The molecule has 0 bridgehead atoms. The van der Waals surface area contributed by atoms with Crippen LogP contribution in [0.1, 0.15) is 57.7 Å². The molecule has 0 saturated carbocycles. The Labute approximate surface area is 339 Å². The standard InChI is InChI=1S/C43H55N9O6/c1-6-29(2)37(52-23-22-50(42(52)58)26-32-19-21-45-46-25-32)39(54)47-35(24-30-12-8-7-9-13-30)36(53)28-51(49-40(55)38(43(3,4)5)48-41(56)57)27-31-15-17-33(18-16-31)34-14-10-11-20-44-34/h7-21,25,29,35-38,48,53H,6,22-24,26-28H2,1-5H3,(H,47,54)(H,49,55)(H,56,57). The van der Waals surface area contributed by atoms with Gasteiger partial charge in [-0.05, 0) is 52.6 Å². The van der Waals surface area contributed by atoms with E-state index in [9.17, 15) is 29.4 Å². The number of aromatic nitrogens is 3. The molecule has 58 heavy (non-hydrogen) atoms. The second-order valence-electron chi connectivity index (χ2n) is 15.9. The first-order valence-corrected chi connectivity index (χ1v) is 19.6. The Morgan fingerprint density at radius 1 is 0.862 bits per heavy atom. The number of benzene rings is 2. The van der Waals surface area contributed by atoms with Crippen molar-refractivity contribution in [2.75, 3.05) is 19.6 Å². The van der Waals surface area contributed by atoms with Gasteiger partial charge < -0.3 is 30.6 Å². The van der Waals surface area contributed by atoms with Gasteiger partial charge in [-0.2, -0.15) is 10.2 Å². The van der Waals surface area contributed by atoms with Gasteiger partial charge in [0.1, 0.15) is 12.1 Å². The van der Waals surface area contributed by atoms with Gasteiger partial charge in [-0.3, -0.25) is 20.0 Å². The largest absolute Gasteiger partial charge is 0.465 e. The smallest absolute Gasteiger partial charge is 0.405 e. The summed E-state index contributed by atoms with van der Waals surface area (Å²) in [6, 6.07) is 21.5. The maximum Gasteiger partial charge on any atom is 0.405 e. The van der Waals surface area contributed by atoms with E-state index >= 15 is 0 Å². The van der Waals surface area contributed by atoms with E-state index in [2.05, 4.69) is 31.2 Å². The van der Waals surface area contributed by atoms with E-state index in [1.807, 2.05) is 86.6 Å². The van der Waals surface area contributed by atoms with E-state index in [1.165, 1.54) is 5.01 Å². The third kappa shape index (κ3) is 11.8. The third-order valence-electron chi connectivity index (χ3n) is 10.4. The van der Waals surface area contributed by atoms with E-state index < -0.39 is 47.6 Å². The van der Waals surface area contributed by atoms with E-state index in [0.29, 0.717) is 26.1 Å². The lowest BCUT2D eigenvalue weighted by molar-refractivity contribution is -0.132. The van der Waals surface area contributed by atoms with Gasteiger partial charge in [-0.1, -0.05) is 102 Å². The number of carbonyl (C=O) groups excluding carboxylic acids is 3. The normalized spacial score (nSPS) is 15.7. The minimum atomic E-state index is -1.35. The molecule has 0 spiro atoms.